The van der Waals surface area contributed by atoms with Gasteiger partial charge in [0.05, 0.1) is 16.6 Å². The van der Waals surface area contributed by atoms with Crippen molar-refractivity contribution in [2.45, 2.75) is 44.9 Å². The first-order valence-electron chi connectivity index (χ1n) is 15.0. The highest BCUT2D eigenvalue weighted by Gasteiger charge is 2.21. The fourth-order valence-electron chi connectivity index (χ4n) is 6.06. The van der Waals surface area contributed by atoms with Gasteiger partial charge in [0.25, 0.3) is 0 Å². The first-order valence-corrected chi connectivity index (χ1v) is 15.0. The van der Waals surface area contributed by atoms with Crippen molar-refractivity contribution in [3.05, 3.63) is 106 Å². The third kappa shape index (κ3) is 8.47. The number of nitrogens with one attached hydrogen (secondary N) is 3. The van der Waals surface area contributed by atoms with E-state index in [4.69, 9.17) is 0 Å². The maximum atomic E-state index is 14.2. The second kappa shape index (κ2) is 14.4. The molecule has 3 aromatic carbocycles. The van der Waals surface area contributed by atoms with E-state index in [2.05, 4.69) is 74.8 Å². The van der Waals surface area contributed by atoms with Gasteiger partial charge < -0.3 is 20.2 Å². The molecule has 0 amide bonds. The minimum atomic E-state index is -0.589. The number of fused-ring (bicyclic) bond motifs is 1. The summed E-state index contributed by atoms with van der Waals surface area (Å²) in [6, 6.07) is 24.0. The summed E-state index contributed by atoms with van der Waals surface area (Å²) in [6.45, 7) is 4.99. The van der Waals surface area contributed by atoms with Gasteiger partial charge >= 0.3 is 5.69 Å². The molecule has 1 aromatic heterocycles. The number of piperidine rings is 2. The van der Waals surface area contributed by atoms with Gasteiger partial charge in [0.2, 0.25) is 0 Å². The fraction of sp³-hybridized carbons (Fsp3) is 0.412. The molecule has 2 fully saturated rings. The minimum absolute atomic E-state index is 0.0433. The average Bonchev–Trinajstić information content (AvgIpc) is 3.37. The van der Waals surface area contributed by atoms with Crippen LogP contribution in [0.25, 0.3) is 11.0 Å². The lowest BCUT2D eigenvalue weighted by atomic mass is 9.90. The molecule has 3 heterocycles. The maximum Gasteiger partial charge on any atom is 0.323 e. The van der Waals surface area contributed by atoms with Crippen LogP contribution in [0.15, 0.2) is 77.6 Å². The van der Waals surface area contributed by atoms with Crippen molar-refractivity contribution in [2.24, 2.45) is 11.8 Å². The number of H-pyrrole nitrogens is 2. The summed E-state index contributed by atoms with van der Waals surface area (Å²) in [4.78, 5) is 31.2. The second-order valence-corrected chi connectivity index (χ2v) is 11.5. The lowest BCUT2D eigenvalue weighted by Crippen LogP contribution is -2.35. The largest absolute Gasteiger partial charge is 0.323 e. The summed E-state index contributed by atoms with van der Waals surface area (Å²) in [7, 11) is 0. The zero-order valence-corrected chi connectivity index (χ0v) is 23.7. The Kier molecular flexibility index (Phi) is 10.2. The van der Waals surface area contributed by atoms with Crippen molar-refractivity contribution in [3.8, 4) is 0 Å². The smallest absolute Gasteiger partial charge is 0.317 e. The lowest BCUT2D eigenvalue weighted by Gasteiger charge is -2.31. The van der Waals surface area contributed by atoms with E-state index in [-0.39, 0.29) is 17.8 Å². The Labute approximate surface area is 241 Å². The Balaban J connectivity index is 0.000000216. The van der Waals surface area contributed by atoms with Gasteiger partial charge in [-0.15, -0.1) is 0 Å². The van der Waals surface area contributed by atoms with Gasteiger partial charge in [-0.2, -0.15) is 0 Å². The van der Waals surface area contributed by atoms with Crippen LogP contribution >= 0.6 is 0 Å². The number of imidazole rings is 1. The van der Waals surface area contributed by atoms with Crippen molar-refractivity contribution >= 4 is 16.8 Å². The number of Topliss-reactive ketones (excluding diaryl/α,β-unsaturated/α-hetero) is 1. The Bertz CT molecular complexity index is 1440. The molecule has 2 saturated heterocycles. The molecule has 0 aliphatic carbocycles. The van der Waals surface area contributed by atoms with Crippen LogP contribution in [0.4, 0.5) is 4.39 Å². The molecule has 2 aliphatic rings. The molecule has 6 rings (SSSR count). The number of carbonyl (C=O) groups is 1. The Morgan fingerprint density at radius 1 is 0.780 bits per heavy atom. The summed E-state index contributed by atoms with van der Waals surface area (Å²) < 4.78 is 14.2. The van der Waals surface area contributed by atoms with Crippen molar-refractivity contribution < 1.29 is 9.18 Å². The van der Waals surface area contributed by atoms with Gasteiger partial charge in [-0.25, -0.2) is 9.18 Å². The molecule has 3 N–H and O–H groups in total. The highest BCUT2D eigenvalue weighted by molar-refractivity contribution is 5.99. The van der Waals surface area contributed by atoms with Crippen molar-refractivity contribution in [2.75, 3.05) is 32.7 Å². The van der Waals surface area contributed by atoms with Crippen LogP contribution in [0.1, 0.15) is 53.6 Å². The minimum Gasteiger partial charge on any atom is -0.317 e. The van der Waals surface area contributed by atoms with E-state index in [1.165, 1.54) is 55.6 Å². The molecule has 216 valence electrons. The first kappa shape index (κ1) is 29.0. The maximum absolute atomic E-state index is 14.2. The van der Waals surface area contributed by atoms with Gasteiger partial charge in [-0.1, -0.05) is 60.7 Å². The molecule has 4 aromatic rings. The quantitative estimate of drug-likeness (QED) is 0.242. The van der Waals surface area contributed by atoms with E-state index in [1.54, 1.807) is 0 Å². The number of aromatic amines is 2. The number of nitrogens with zero attached hydrogens (tertiary/aromatic N) is 1. The number of hydrogen-bond acceptors (Lipinski definition) is 4. The van der Waals surface area contributed by atoms with Gasteiger partial charge in [-0.05, 0) is 93.7 Å². The van der Waals surface area contributed by atoms with Gasteiger partial charge in [0.1, 0.15) is 5.82 Å². The van der Waals surface area contributed by atoms with E-state index < -0.39 is 11.5 Å². The van der Waals surface area contributed by atoms with Crippen molar-refractivity contribution in [3.63, 3.8) is 0 Å². The molecule has 7 heteroatoms. The topological polar surface area (TPSA) is 81.0 Å². The van der Waals surface area contributed by atoms with E-state index in [1.807, 2.05) is 6.07 Å². The number of hydrogen-bond donors (Lipinski definition) is 3. The first-order chi connectivity index (χ1) is 20.0. The Hall–Kier alpha value is -3.55. The number of likely N-dealkylation sites (tertiary alicyclic amines) is 1. The zero-order valence-electron chi connectivity index (χ0n) is 23.7. The van der Waals surface area contributed by atoms with Crippen LogP contribution < -0.4 is 11.0 Å². The lowest BCUT2D eigenvalue weighted by molar-refractivity contribution is 0.0947. The highest BCUT2D eigenvalue weighted by atomic mass is 19.1. The number of halogens is 1. The zero-order chi connectivity index (χ0) is 28.4. The number of carbonyl (C=O) groups excluding carboxylic acids is 1. The molecular formula is C34H41FN4O2. The number of ketones is 1. The van der Waals surface area contributed by atoms with E-state index in [0.29, 0.717) is 23.5 Å². The van der Waals surface area contributed by atoms with Crippen LogP contribution in [-0.4, -0.2) is 53.4 Å². The Morgan fingerprint density at radius 3 is 1.90 bits per heavy atom. The third-order valence-electron chi connectivity index (χ3n) is 8.46. The molecule has 2 aliphatic heterocycles. The number of rotatable bonds is 8. The number of benzene rings is 3. The summed E-state index contributed by atoms with van der Waals surface area (Å²) in [5.74, 6) is 0.769. The van der Waals surface area contributed by atoms with Gasteiger partial charge in [-0.3, -0.25) is 4.79 Å². The van der Waals surface area contributed by atoms with Gasteiger partial charge in [0, 0.05) is 19.0 Å². The SMILES string of the molecule is O=C(CCN1CCC(Cc2ccccc2)CC1)c1cc2[nH]c(=O)[nH]c2cc1F.c1ccc(CC2CCNCC2)cc1. The molecule has 0 bridgehead atoms. The van der Waals surface area contributed by atoms with E-state index in [0.717, 1.165) is 38.3 Å². The molecule has 0 spiro atoms. The predicted octanol–water partition coefficient (Wildman–Crippen LogP) is 5.75. The van der Waals surface area contributed by atoms with Crippen LogP contribution in [0.5, 0.6) is 0 Å². The van der Waals surface area contributed by atoms with E-state index >= 15 is 0 Å². The molecule has 41 heavy (non-hydrogen) atoms. The van der Waals surface area contributed by atoms with E-state index in [9.17, 15) is 14.0 Å². The van der Waals surface area contributed by atoms with Crippen molar-refractivity contribution in [1.29, 1.82) is 0 Å². The molecule has 0 atom stereocenters. The van der Waals surface area contributed by atoms with Crippen LogP contribution in [0.3, 0.4) is 0 Å². The molecular weight excluding hydrogens is 515 g/mol. The molecule has 0 radical (unpaired) electrons. The third-order valence-corrected chi connectivity index (χ3v) is 8.46. The van der Waals surface area contributed by atoms with Gasteiger partial charge in [0.15, 0.2) is 5.78 Å². The summed E-state index contributed by atoms with van der Waals surface area (Å²) in [5, 5.41) is 3.40. The monoisotopic (exact) mass is 556 g/mol. The standard InChI is InChI=1S/C22H24FN3O2.C12H17N/c23-18-14-20-19(24-22(28)25-20)13-17(18)21(27)8-11-26-9-6-16(7-10-26)12-15-4-2-1-3-5-15;1-2-4-11(5-3-1)10-12-6-8-13-9-7-12/h1-5,13-14,16H,6-12H2,(H2,24,25,28);1-5,12-13H,6-10H2. The summed E-state index contributed by atoms with van der Waals surface area (Å²) in [6.07, 6.45) is 7.57. The predicted molar refractivity (Wildman–Crippen MR) is 163 cm³/mol. The number of aromatic nitrogens is 2. The highest BCUT2D eigenvalue weighted by Crippen LogP contribution is 2.23. The summed E-state index contributed by atoms with van der Waals surface area (Å²) in [5.41, 5.74) is 3.34. The normalized spacial score (nSPS) is 16.8. The Morgan fingerprint density at radius 2 is 1.32 bits per heavy atom. The fourth-order valence-corrected chi connectivity index (χ4v) is 6.06. The van der Waals surface area contributed by atoms with Crippen LogP contribution in [0.2, 0.25) is 0 Å². The second-order valence-electron chi connectivity index (χ2n) is 11.5. The molecule has 6 nitrogen and oxygen atoms in total. The molecule has 0 unspecified atom stereocenters. The van der Waals surface area contributed by atoms with Crippen molar-refractivity contribution in [1.82, 2.24) is 20.2 Å². The summed E-state index contributed by atoms with van der Waals surface area (Å²) >= 11 is 0. The van der Waals surface area contributed by atoms with Crippen LogP contribution in [0, 0.1) is 17.7 Å². The van der Waals surface area contributed by atoms with Crippen LogP contribution in [-0.2, 0) is 12.8 Å². The average molecular weight is 557 g/mol. The molecule has 0 saturated carbocycles.